The Hall–Kier alpha value is -0.0500. The van der Waals surface area contributed by atoms with Crippen LogP contribution in [0.1, 0.15) is 53.4 Å². The Balaban J connectivity index is 2.13. The monoisotopic (exact) mass is 284 g/mol. The summed E-state index contributed by atoms with van der Waals surface area (Å²) in [4.78, 5) is 2.66. The molecular formula is C16H29ClN2. The lowest BCUT2D eigenvalue weighted by molar-refractivity contribution is 0.0308. The number of nitrogens with zero attached hydrogens (tertiary/aromatic N) is 1. The quantitative estimate of drug-likeness (QED) is 0.831. The summed E-state index contributed by atoms with van der Waals surface area (Å²) in [5.41, 5.74) is 3.70. The highest BCUT2D eigenvalue weighted by atomic mass is 35.5. The van der Waals surface area contributed by atoms with Gasteiger partial charge in [0.1, 0.15) is 0 Å². The summed E-state index contributed by atoms with van der Waals surface area (Å²) in [6, 6.07) is 0.588. The fourth-order valence-electron chi connectivity index (χ4n) is 3.76. The van der Waals surface area contributed by atoms with Gasteiger partial charge in [0.2, 0.25) is 0 Å². The third-order valence-electron chi connectivity index (χ3n) is 4.82. The first kappa shape index (κ1) is 15.3. The number of hydrogen-bond donors (Lipinski definition) is 1. The Labute approximate surface area is 123 Å². The van der Waals surface area contributed by atoms with Crippen molar-refractivity contribution in [3.05, 3.63) is 11.1 Å². The van der Waals surface area contributed by atoms with Crippen LogP contribution in [-0.4, -0.2) is 36.1 Å². The van der Waals surface area contributed by atoms with Gasteiger partial charge in [-0.3, -0.25) is 4.90 Å². The van der Waals surface area contributed by atoms with Crippen LogP contribution in [0.5, 0.6) is 0 Å². The molecule has 1 saturated carbocycles. The van der Waals surface area contributed by atoms with Crippen LogP contribution in [0.3, 0.4) is 0 Å². The topological polar surface area (TPSA) is 15.3 Å². The molecule has 2 nitrogen and oxygen atoms in total. The maximum atomic E-state index is 5.88. The zero-order valence-corrected chi connectivity index (χ0v) is 13.7. The van der Waals surface area contributed by atoms with E-state index in [0.717, 1.165) is 13.1 Å². The standard InChI is InChI=1S/C16H29ClN2/c1-13(9-17)11-19-12-16(7-5-6-8-16)18-10-14(19)15(2,3)4/h9,14,18H,5-8,10-12H2,1-4H3. The van der Waals surface area contributed by atoms with Gasteiger partial charge in [-0.05, 0) is 30.8 Å². The highest BCUT2D eigenvalue weighted by molar-refractivity contribution is 6.25. The Bertz CT molecular complexity index is 337. The van der Waals surface area contributed by atoms with Crippen LogP contribution < -0.4 is 5.32 Å². The first-order valence-corrected chi connectivity index (χ1v) is 8.05. The summed E-state index contributed by atoms with van der Waals surface area (Å²) in [5.74, 6) is 0. The summed E-state index contributed by atoms with van der Waals surface area (Å²) in [6.45, 7) is 12.5. The molecule has 2 rings (SSSR count). The number of hydrogen-bond acceptors (Lipinski definition) is 2. The number of rotatable bonds is 2. The van der Waals surface area contributed by atoms with E-state index in [-0.39, 0.29) is 0 Å². The summed E-state index contributed by atoms with van der Waals surface area (Å²) in [5, 5.41) is 3.88. The summed E-state index contributed by atoms with van der Waals surface area (Å²) in [6.07, 6.45) is 5.44. The molecule has 0 aromatic rings. The third kappa shape index (κ3) is 3.53. The van der Waals surface area contributed by atoms with Crippen molar-refractivity contribution in [3.63, 3.8) is 0 Å². The van der Waals surface area contributed by atoms with E-state index in [0.29, 0.717) is 17.0 Å². The van der Waals surface area contributed by atoms with Crippen LogP contribution in [0.25, 0.3) is 0 Å². The molecule has 1 unspecified atom stereocenters. The van der Waals surface area contributed by atoms with Gasteiger partial charge in [-0.2, -0.15) is 0 Å². The molecule has 19 heavy (non-hydrogen) atoms. The highest BCUT2D eigenvalue weighted by Crippen LogP contribution is 2.36. The van der Waals surface area contributed by atoms with Crippen LogP contribution in [0.4, 0.5) is 0 Å². The molecule has 0 radical (unpaired) electrons. The van der Waals surface area contributed by atoms with Crippen molar-refractivity contribution in [1.29, 1.82) is 0 Å². The van der Waals surface area contributed by atoms with Crippen LogP contribution in [-0.2, 0) is 0 Å². The molecule has 1 saturated heterocycles. The minimum Gasteiger partial charge on any atom is -0.308 e. The lowest BCUT2D eigenvalue weighted by atomic mass is 9.81. The Morgan fingerprint density at radius 2 is 2.00 bits per heavy atom. The van der Waals surface area contributed by atoms with Gasteiger partial charge in [-0.25, -0.2) is 0 Å². The smallest absolute Gasteiger partial charge is 0.0309 e. The molecule has 2 aliphatic rings. The fraction of sp³-hybridized carbons (Fsp3) is 0.875. The Kier molecular flexibility index (Phi) is 4.64. The van der Waals surface area contributed by atoms with Gasteiger partial charge in [0, 0.05) is 36.8 Å². The molecule has 1 aliphatic heterocycles. The van der Waals surface area contributed by atoms with E-state index in [1.54, 1.807) is 5.54 Å². The maximum Gasteiger partial charge on any atom is 0.0309 e. The number of piperazine rings is 1. The molecule has 0 bridgehead atoms. The van der Waals surface area contributed by atoms with Crippen LogP contribution in [0, 0.1) is 5.41 Å². The first-order chi connectivity index (χ1) is 8.86. The second-order valence-corrected chi connectivity index (χ2v) is 7.83. The van der Waals surface area contributed by atoms with E-state index < -0.39 is 0 Å². The molecule has 1 N–H and O–H groups in total. The number of halogens is 1. The molecule has 0 aromatic carbocycles. The second kappa shape index (κ2) is 5.75. The van der Waals surface area contributed by atoms with E-state index in [2.05, 4.69) is 37.9 Å². The maximum absolute atomic E-state index is 5.88. The minimum absolute atomic E-state index is 0.305. The van der Waals surface area contributed by atoms with Gasteiger partial charge in [0.25, 0.3) is 0 Å². The van der Waals surface area contributed by atoms with Crippen molar-refractivity contribution >= 4 is 11.6 Å². The van der Waals surface area contributed by atoms with Gasteiger partial charge in [-0.1, -0.05) is 45.2 Å². The molecular weight excluding hydrogens is 256 g/mol. The van der Waals surface area contributed by atoms with Gasteiger partial charge in [0.15, 0.2) is 0 Å². The van der Waals surface area contributed by atoms with Crippen molar-refractivity contribution in [3.8, 4) is 0 Å². The van der Waals surface area contributed by atoms with E-state index >= 15 is 0 Å². The highest BCUT2D eigenvalue weighted by Gasteiger charge is 2.43. The van der Waals surface area contributed by atoms with E-state index in [1.807, 2.05) is 0 Å². The SMILES string of the molecule is CC(=CCl)CN1CC2(CCCC2)NCC1C(C)(C)C. The Morgan fingerprint density at radius 1 is 1.37 bits per heavy atom. The molecule has 1 aliphatic carbocycles. The largest absolute Gasteiger partial charge is 0.308 e. The van der Waals surface area contributed by atoms with Crippen LogP contribution >= 0.6 is 11.6 Å². The van der Waals surface area contributed by atoms with Gasteiger partial charge in [-0.15, -0.1) is 0 Å². The molecule has 0 amide bonds. The van der Waals surface area contributed by atoms with Crippen molar-refractivity contribution in [2.45, 2.75) is 65.0 Å². The van der Waals surface area contributed by atoms with Crippen LogP contribution in [0.2, 0.25) is 0 Å². The van der Waals surface area contributed by atoms with Crippen molar-refractivity contribution in [2.75, 3.05) is 19.6 Å². The average molecular weight is 285 g/mol. The van der Waals surface area contributed by atoms with E-state index in [9.17, 15) is 0 Å². The molecule has 1 atom stereocenters. The van der Waals surface area contributed by atoms with Gasteiger partial charge < -0.3 is 5.32 Å². The molecule has 2 fully saturated rings. The fourth-order valence-corrected chi connectivity index (χ4v) is 3.83. The van der Waals surface area contributed by atoms with E-state index in [1.165, 1.54) is 37.8 Å². The number of nitrogens with one attached hydrogen (secondary N) is 1. The molecule has 1 heterocycles. The van der Waals surface area contributed by atoms with Crippen molar-refractivity contribution in [1.82, 2.24) is 10.2 Å². The zero-order valence-electron chi connectivity index (χ0n) is 12.9. The minimum atomic E-state index is 0.305. The zero-order chi connectivity index (χ0) is 14.1. The summed E-state index contributed by atoms with van der Waals surface area (Å²) < 4.78 is 0. The molecule has 1 spiro atoms. The summed E-state index contributed by atoms with van der Waals surface area (Å²) in [7, 11) is 0. The first-order valence-electron chi connectivity index (χ1n) is 7.61. The molecule has 0 aromatic heterocycles. The lowest BCUT2D eigenvalue weighted by Crippen LogP contribution is -2.66. The van der Waals surface area contributed by atoms with Crippen LogP contribution in [0.15, 0.2) is 11.1 Å². The molecule has 110 valence electrons. The predicted octanol–water partition coefficient (Wildman–Crippen LogP) is 3.76. The average Bonchev–Trinajstić information content (AvgIpc) is 2.75. The van der Waals surface area contributed by atoms with Gasteiger partial charge >= 0.3 is 0 Å². The van der Waals surface area contributed by atoms with Gasteiger partial charge in [0.05, 0.1) is 0 Å². The van der Waals surface area contributed by atoms with E-state index in [4.69, 9.17) is 11.6 Å². The normalized spacial score (nSPS) is 29.1. The summed E-state index contributed by atoms with van der Waals surface area (Å²) >= 11 is 5.88. The molecule has 3 heteroatoms. The van der Waals surface area contributed by atoms with Crippen molar-refractivity contribution in [2.24, 2.45) is 5.41 Å². The Morgan fingerprint density at radius 3 is 2.53 bits per heavy atom. The lowest BCUT2D eigenvalue weighted by Gasteiger charge is -2.51. The van der Waals surface area contributed by atoms with Crippen molar-refractivity contribution < 1.29 is 0 Å². The third-order valence-corrected chi connectivity index (χ3v) is 5.19. The predicted molar refractivity (Wildman–Crippen MR) is 83.6 cm³/mol. The second-order valence-electron chi connectivity index (χ2n) is 7.61.